The fourth-order valence-corrected chi connectivity index (χ4v) is 2.87. The summed E-state index contributed by atoms with van der Waals surface area (Å²) >= 11 is 0. The molecule has 2 rings (SSSR count). The van der Waals surface area contributed by atoms with Gasteiger partial charge in [0.2, 0.25) is 0 Å². The normalized spacial score (nSPS) is 10.6. The lowest BCUT2D eigenvalue weighted by Gasteiger charge is -2.15. The number of rotatable bonds is 8. The number of aryl methyl sites for hydroxylation is 2. The van der Waals surface area contributed by atoms with Crippen molar-refractivity contribution in [2.75, 3.05) is 19.0 Å². The van der Waals surface area contributed by atoms with Crippen LogP contribution in [-0.2, 0) is 24.2 Å². The minimum absolute atomic E-state index is 0.115. The van der Waals surface area contributed by atoms with E-state index in [0.29, 0.717) is 18.8 Å². The minimum Gasteiger partial charge on any atom is -0.494 e. The predicted octanol–water partition coefficient (Wildman–Crippen LogP) is 4.61. The summed E-state index contributed by atoms with van der Waals surface area (Å²) in [5.74, 6) is 0.639. The van der Waals surface area contributed by atoms with Crippen LogP contribution in [0.25, 0.3) is 0 Å². The fraction of sp³-hybridized carbons (Fsp3) is 0.381. The van der Waals surface area contributed by atoms with E-state index >= 15 is 0 Å². The Morgan fingerprint density at radius 2 is 1.68 bits per heavy atom. The zero-order valence-electron chi connectivity index (χ0n) is 15.5. The highest BCUT2D eigenvalue weighted by atomic mass is 16.5. The van der Waals surface area contributed by atoms with Gasteiger partial charge in [-0.05, 0) is 49.1 Å². The molecular weight excluding hydrogens is 314 g/mol. The second-order valence-corrected chi connectivity index (χ2v) is 5.80. The molecule has 1 N–H and O–H groups in total. The van der Waals surface area contributed by atoms with Crippen LogP contribution in [0.5, 0.6) is 5.75 Å². The number of amides is 1. The summed E-state index contributed by atoms with van der Waals surface area (Å²) in [6.45, 7) is 7.11. The number of nitrogens with one attached hydrogen (secondary N) is 1. The molecule has 0 heterocycles. The van der Waals surface area contributed by atoms with Gasteiger partial charge in [-0.1, -0.05) is 32.0 Å². The smallest absolute Gasteiger partial charge is 0.255 e. The largest absolute Gasteiger partial charge is 0.494 e. The van der Waals surface area contributed by atoms with Crippen LogP contribution >= 0.6 is 0 Å². The van der Waals surface area contributed by atoms with E-state index in [1.165, 1.54) is 0 Å². The SMILES string of the molecule is CCOc1ccc(C(=O)Nc2c(CC)cccc2CC)cc1COC. The molecule has 25 heavy (non-hydrogen) atoms. The molecular formula is C21H27NO3. The van der Waals surface area contributed by atoms with Crippen LogP contribution in [0.3, 0.4) is 0 Å². The number of carbonyl (C=O) groups is 1. The van der Waals surface area contributed by atoms with Crippen molar-refractivity contribution in [3.05, 3.63) is 58.7 Å². The molecule has 4 heteroatoms. The molecule has 134 valence electrons. The number of anilines is 1. The Morgan fingerprint density at radius 1 is 1.00 bits per heavy atom. The van der Waals surface area contributed by atoms with Crippen LogP contribution in [0.4, 0.5) is 5.69 Å². The molecule has 0 radical (unpaired) electrons. The summed E-state index contributed by atoms with van der Waals surface area (Å²) in [5, 5.41) is 3.10. The standard InChI is InChI=1S/C21H27NO3/c1-5-15-9-8-10-16(6-2)20(15)22-21(23)17-11-12-19(25-7-3)18(13-17)14-24-4/h8-13H,5-7,14H2,1-4H3,(H,22,23). The number of benzene rings is 2. The van der Waals surface area contributed by atoms with Crippen LogP contribution in [0.2, 0.25) is 0 Å². The highest BCUT2D eigenvalue weighted by molar-refractivity contribution is 6.05. The van der Waals surface area contributed by atoms with Gasteiger partial charge in [0, 0.05) is 23.9 Å². The molecule has 0 spiro atoms. The first-order chi connectivity index (χ1) is 12.1. The maximum atomic E-state index is 12.8. The first-order valence-electron chi connectivity index (χ1n) is 8.81. The molecule has 2 aromatic carbocycles. The van der Waals surface area contributed by atoms with Crippen molar-refractivity contribution in [1.29, 1.82) is 0 Å². The third kappa shape index (κ3) is 4.60. The molecule has 1 amide bonds. The lowest BCUT2D eigenvalue weighted by Crippen LogP contribution is -2.15. The van der Waals surface area contributed by atoms with E-state index in [-0.39, 0.29) is 5.91 Å². The molecule has 0 aliphatic heterocycles. The second kappa shape index (κ2) is 9.23. The third-order valence-corrected chi connectivity index (χ3v) is 4.16. The van der Waals surface area contributed by atoms with E-state index < -0.39 is 0 Å². The minimum atomic E-state index is -0.115. The summed E-state index contributed by atoms with van der Waals surface area (Å²) in [4.78, 5) is 12.8. The van der Waals surface area contributed by atoms with Gasteiger partial charge >= 0.3 is 0 Å². The van der Waals surface area contributed by atoms with Gasteiger partial charge in [0.15, 0.2) is 0 Å². The van der Waals surface area contributed by atoms with Crippen LogP contribution in [0.1, 0.15) is 47.8 Å². The third-order valence-electron chi connectivity index (χ3n) is 4.16. The Balaban J connectivity index is 2.31. The van der Waals surface area contributed by atoms with Crippen molar-refractivity contribution in [1.82, 2.24) is 0 Å². The molecule has 0 unspecified atom stereocenters. The Morgan fingerprint density at radius 3 is 2.24 bits per heavy atom. The number of para-hydroxylation sites is 1. The number of hydrogen-bond acceptors (Lipinski definition) is 3. The van der Waals surface area contributed by atoms with Crippen molar-refractivity contribution in [2.24, 2.45) is 0 Å². The Bertz CT molecular complexity index is 703. The zero-order valence-corrected chi connectivity index (χ0v) is 15.5. The van der Waals surface area contributed by atoms with E-state index in [0.717, 1.165) is 41.0 Å². The molecule has 0 aliphatic carbocycles. The predicted molar refractivity (Wildman–Crippen MR) is 101 cm³/mol. The van der Waals surface area contributed by atoms with Crippen molar-refractivity contribution >= 4 is 11.6 Å². The Hall–Kier alpha value is -2.33. The maximum Gasteiger partial charge on any atom is 0.255 e. The first-order valence-corrected chi connectivity index (χ1v) is 8.81. The quantitative estimate of drug-likeness (QED) is 0.763. The highest BCUT2D eigenvalue weighted by Crippen LogP contribution is 2.25. The van der Waals surface area contributed by atoms with Crippen molar-refractivity contribution < 1.29 is 14.3 Å². The van der Waals surface area contributed by atoms with Gasteiger partial charge in [0.1, 0.15) is 5.75 Å². The average molecular weight is 341 g/mol. The highest BCUT2D eigenvalue weighted by Gasteiger charge is 2.14. The summed E-state index contributed by atoms with van der Waals surface area (Å²) in [5.41, 5.74) is 4.70. The monoisotopic (exact) mass is 341 g/mol. The molecule has 0 atom stereocenters. The van der Waals surface area contributed by atoms with E-state index in [4.69, 9.17) is 9.47 Å². The Labute approximate surface area is 150 Å². The summed E-state index contributed by atoms with van der Waals surface area (Å²) in [7, 11) is 1.63. The van der Waals surface area contributed by atoms with E-state index in [1.54, 1.807) is 13.2 Å². The van der Waals surface area contributed by atoms with E-state index in [1.807, 2.05) is 25.1 Å². The van der Waals surface area contributed by atoms with Gasteiger partial charge in [-0.25, -0.2) is 0 Å². The fourth-order valence-electron chi connectivity index (χ4n) is 2.87. The van der Waals surface area contributed by atoms with E-state index in [9.17, 15) is 4.79 Å². The van der Waals surface area contributed by atoms with Gasteiger partial charge in [-0.3, -0.25) is 4.79 Å². The lowest BCUT2D eigenvalue weighted by molar-refractivity contribution is 0.102. The zero-order chi connectivity index (χ0) is 18.2. The van der Waals surface area contributed by atoms with Gasteiger partial charge in [0.25, 0.3) is 5.91 Å². The number of hydrogen-bond donors (Lipinski definition) is 1. The second-order valence-electron chi connectivity index (χ2n) is 5.80. The molecule has 0 bridgehead atoms. The van der Waals surface area contributed by atoms with Gasteiger partial charge < -0.3 is 14.8 Å². The number of methoxy groups -OCH3 is 1. The average Bonchev–Trinajstić information content (AvgIpc) is 2.63. The Kier molecular flexibility index (Phi) is 7.02. The molecule has 0 saturated heterocycles. The molecule has 0 saturated carbocycles. The lowest BCUT2D eigenvalue weighted by atomic mass is 10.0. The summed E-state index contributed by atoms with van der Waals surface area (Å²) in [6, 6.07) is 11.6. The van der Waals surface area contributed by atoms with Crippen LogP contribution in [0, 0.1) is 0 Å². The van der Waals surface area contributed by atoms with Gasteiger partial charge in [0.05, 0.1) is 13.2 Å². The molecule has 4 nitrogen and oxygen atoms in total. The molecule has 0 fully saturated rings. The first kappa shape index (κ1) is 19.0. The summed E-state index contributed by atoms with van der Waals surface area (Å²) in [6.07, 6.45) is 1.75. The maximum absolute atomic E-state index is 12.8. The summed E-state index contributed by atoms with van der Waals surface area (Å²) < 4.78 is 10.8. The van der Waals surface area contributed by atoms with Crippen LogP contribution in [0.15, 0.2) is 36.4 Å². The molecule has 0 aromatic heterocycles. The van der Waals surface area contributed by atoms with Crippen molar-refractivity contribution in [3.63, 3.8) is 0 Å². The van der Waals surface area contributed by atoms with Crippen molar-refractivity contribution in [2.45, 2.75) is 40.2 Å². The van der Waals surface area contributed by atoms with Crippen LogP contribution < -0.4 is 10.1 Å². The van der Waals surface area contributed by atoms with Crippen molar-refractivity contribution in [3.8, 4) is 5.75 Å². The van der Waals surface area contributed by atoms with E-state index in [2.05, 4.69) is 31.3 Å². The molecule has 2 aromatic rings. The van der Waals surface area contributed by atoms with Crippen LogP contribution in [-0.4, -0.2) is 19.6 Å². The van der Waals surface area contributed by atoms with Gasteiger partial charge in [-0.15, -0.1) is 0 Å². The topological polar surface area (TPSA) is 47.6 Å². The number of ether oxygens (including phenoxy) is 2. The molecule has 0 aliphatic rings. The van der Waals surface area contributed by atoms with Gasteiger partial charge in [-0.2, -0.15) is 0 Å². The number of carbonyl (C=O) groups excluding carboxylic acids is 1.